The molecular weight excluding hydrogens is 400 g/mol. The molecular formula is C13H6F8N2O4. The number of aryl methyl sites for hydroxylation is 1. The molecule has 1 N–H and O–H groups in total. The summed E-state index contributed by atoms with van der Waals surface area (Å²) < 4.78 is 112. The van der Waals surface area contributed by atoms with E-state index in [1.54, 1.807) is 0 Å². The lowest BCUT2D eigenvalue weighted by molar-refractivity contribution is -0.387. The molecule has 0 fully saturated rings. The van der Waals surface area contributed by atoms with Gasteiger partial charge in [0.1, 0.15) is 0 Å². The first-order valence-electron chi connectivity index (χ1n) is 6.64. The van der Waals surface area contributed by atoms with Gasteiger partial charge in [-0.15, -0.1) is 0 Å². The molecule has 1 atom stereocenters. The van der Waals surface area contributed by atoms with Crippen molar-refractivity contribution >= 4 is 5.69 Å². The number of rotatable bonds is 4. The molecule has 1 heterocycles. The molecule has 14 heteroatoms. The number of alkyl halides is 3. The minimum Gasteiger partial charge on any atom is -0.376 e. The summed E-state index contributed by atoms with van der Waals surface area (Å²) in [7, 11) is 0. The molecule has 0 amide bonds. The average molecular weight is 406 g/mol. The largest absolute Gasteiger partial charge is 0.422 e. The molecule has 0 unspecified atom stereocenters. The Morgan fingerprint density at radius 2 is 1.48 bits per heavy atom. The van der Waals surface area contributed by atoms with Crippen molar-refractivity contribution in [3.05, 3.63) is 56.2 Å². The van der Waals surface area contributed by atoms with Gasteiger partial charge in [0.2, 0.25) is 11.6 Å². The molecule has 0 bridgehead atoms. The van der Waals surface area contributed by atoms with Gasteiger partial charge in [-0.05, 0) is 6.92 Å². The van der Waals surface area contributed by atoms with E-state index < -0.39 is 74.9 Å². The van der Waals surface area contributed by atoms with Crippen LogP contribution in [-0.2, 0) is 12.0 Å². The van der Waals surface area contributed by atoms with Gasteiger partial charge in [0.15, 0.2) is 34.6 Å². The van der Waals surface area contributed by atoms with Crippen molar-refractivity contribution in [1.29, 1.82) is 0 Å². The highest BCUT2D eigenvalue weighted by atomic mass is 19.4. The summed E-state index contributed by atoms with van der Waals surface area (Å²) in [4.78, 5) is 9.63. The number of hydrogen-bond donors (Lipinski definition) is 1. The van der Waals surface area contributed by atoms with Gasteiger partial charge in [-0.1, -0.05) is 5.16 Å². The Balaban J connectivity index is 2.81. The molecule has 0 aliphatic heterocycles. The van der Waals surface area contributed by atoms with Gasteiger partial charge in [-0.25, -0.2) is 22.0 Å². The van der Waals surface area contributed by atoms with E-state index in [1.165, 1.54) is 0 Å². The molecule has 0 aliphatic rings. The van der Waals surface area contributed by atoms with Crippen molar-refractivity contribution in [2.75, 3.05) is 0 Å². The van der Waals surface area contributed by atoms with Crippen LogP contribution in [0.15, 0.2) is 4.52 Å². The van der Waals surface area contributed by atoms with E-state index in [9.17, 15) is 50.3 Å². The zero-order valence-electron chi connectivity index (χ0n) is 12.8. The van der Waals surface area contributed by atoms with E-state index in [0.717, 1.165) is 6.92 Å². The fourth-order valence-corrected chi connectivity index (χ4v) is 2.29. The third-order valence-electron chi connectivity index (χ3n) is 3.59. The van der Waals surface area contributed by atoms with Crippen LogP contribution >= 0.6 is 0 Å². The van der Waals surface area contributed by atoms with Crippen LogP contribution < -0.4 is 0 Å². The molecule has 1 aromatic carbocycles. The fraction of sp³-hybridized carbons (Fsp3) is 0.308. The second kappa shape index (κ2) is 6.44. The Morgan fingerprint density at radius 3 is 1.89 bits per heavy atom. The standard InChI is InChI=1S/C13H6F8N2O4/c1-3-11(23(25)26)4(27-22-3)2-12(24,13(19,20)21)5-6(14)8(16)10(18)9(17)7(5)15/h24H,2H2,1H3/t12-/m1/s1. The molecule has 27 heavy (non-hydrogen) atoms. The van der Waals surface area contributed by atoms with E-state index >= 15 is 0 Å². The van der Waals surface area contributed by atoms with E-state index in [1.807, 2.05) is 0 Å². The molecule has 6 nitrogen and oxygen atoms in total. The fourth-order valence-electron chi connectivity index (χ4n) is 2.29. The van der Waals surface area contributed by atoms with E-state index in [0.29, 0.717) is 0 Å². The Bertz CT molecular complexity index is 897. The maximum atomic E-state index is 13.8. The van der Waals surface area contributed by atoms with Crippen molar-refractivity contribution in [2.45, 2.75) is 25.1 Å². The Hall–Kier alpha value is -2.77. The summed E-state index contributed by atoms with van der Waals surface area (Å²) in [6, 6.07) is 0. The second-order valence-electron chi connectivity index (χ2n) is 5.28. The number of hydrogen-bond acceptors (Lipinski definition) is 5. The Morgan fingerprint density at radius 1 is 1.04 bits per heavy atom. The number of nitrogens with zero attached hydrogens (tertiary/aromatic N) is 2. The molecule has 0 radical (unpaired) electrons. The summed E-state index contributed by atoms with van der Waals surface area (Å²) in [6.07, 6.45) is -8.11. The van der Waals surface area contributed by atoms with Crippen molar-refractivity contribution in [3.8, 4) is 0 Å². The first kappa shape index (κ1) is 20.5. The van der Waals surface area contributed by atoms with Crippen LogP contribution in [0.25, 0.3) is 0 Å². The van der Waals surface area contributed by atoms with Crippen molar-refractivity contribution in [1.82, 2.24) is 5.16 Å². The van der Waals surface area contributed by atoms with Crippen LogP contribution in [0.2, 0.25) is 0 Å². The summed E-state index contributed by atoms with van der Waals surface area (Å²) in [5.41, 5.74) is -9.10. The van der Waals surface area contributed by atoms with Crippen LogP contribution in [0, 0.1) is 46.1 Å². The number of benzene rings is 1. The molecule has 1 aromatic heterocycles. The zero-order chi connectivity index (χ0) is 20.9. The van der Waals surface area contributed by atoms with Crippen molar-refractivity contribution in [3.63, 3.8) is 0 Å². The van der Waals surface area contributed by atoms with Gasteiger partial charge in [0.25, 0.3) is 0 Å². The van der Waals surface area contributed by atoms with Crippen LogP contribution in [0.3, 0.4) is 0 Å². The predicted octanol–water partition coefficient (Wildman–Crippen LogP) is 3.58. The monoisotopic (exact) mass is 406 g/mol. The predicted molar refractivity (Wildman–Crippen MR) is 67.8 cm³/mol. The van der Waals surface area contributed by atoms with Crippen molar-refractivity contribution < 1.29 is 49.7 Å². The summed E-state index contributed by atoms with van der Waals surface area (Å²) in [6.45, 7) is 0.941. The van der Waals surface area contributed by atoms with Crippen LogP contribution in [0.4, 0.5) is 40.8 Å². The molecule has 2 rings (SSSR count). The number of nitro groups is 1. The second-order valence-corrected chi connectivity index (χ2v) is 5.28. The Labute approximate surface area is 143 Å². The van der Waals surface area contributed by atoms with Crippen LogP contribution in [0.5, 0.6) is 0 Å². The molecule has 0 saturated carbocycles. The first-order chi connectivity index (χ1) is 12.2. The minimum absolute atomic E-state index is 0.545. The lowest BCUT2D eigenvalue weighted by atomic mass is 9.87. The smallest absolute Gasteiger partial charge is 0.376 e. The van der Waals surface area contributed by atoms with Crippen LogP contribution in [0.1, 0.15) is 17.0 Å². The van der Waals surface area contributed by atoms with E-state index in [2.05, 4.69) is 9.68 Å². The van der Waals surface area contributed by atoms with Crippen LogP contribution in [-0.4, -0.2) is 21.4 Å². The summed E-state index contributed by atoms with van der Waals surface area (Å²) in [5.74, 6) is -15.4. The highest BCUT2D eigenvalue weighted by Gasteiger charge is 2.60. The topological polar surface area (TPSA) is 89.4 Å². The van der Waals surface area contributed by atoms with Gasteiger partial charge in [-0.3, -0.25) is 10.1 Å². The minimum atomic E-state index is -6.03. The van der Waals surface area contributed by atoms with Gasteiger partial charge >= 0.3 is 11.9 Å². The molecule has 148 valence electrons. The number of halogens is 8. The normalized spacial score (nSPS) is 14.3. The van der Waals surface area contributed by atoms with E-state index in [-0.39, 0.29) is 0 Å². The van der Waals surface area contributed by atoms with Gasteiger partial charge < -0.3 is 9.63 Å². The van der Waals surface area contributed by atoms with Gasteiger partial charge in [-0.2, -0.15) is 13.2 Å². The first-order valence-corrected chi connectivity index (χ1v) is 6.64. The summed E-state index contributed by atoms with van der Waals surface area (Å²) >= 11 is 0. The Kier molecular flexibility index (Phi) is 4.90. The average Bonchev–Trinajstić information content (AvgIpc) is 2.90. The van der Waals surface area contributed by atoms with E-state index in [4.69, 9.17) is 0 Å². The third kappa shape index (κ3) is 3.09. The summed E-state index contributed by atoms with van der Waals surface area (Å²) in [5, 5.41) is 23.8. The maximum Gasteiger partial charge on any atom is 0.422 e. The SMILES string of the molecule is Cc1noc(C[C@@](O)(c2c(F)c(F)c(F)c(F)c2F)C(F)(F)F)c1[N+](=O)[O-]. The van der Waals surface area contributed by atoms with Gasteiger partial charge in [0, 0.05) is 0 Å². The molecule has 0 saturated heterocycles. The maximum absolute atomic E-state index is 13.8. The quantitative estimate of drug-likeness (QED) is 0.276. The molecule has 0 aliphatic carbocycles. The highest BCUT2D eigenvalue weighted by Crippen LogP contribution is 2.46. The highest BCUT2D eigenvalue weighted by molar-refractivity contribution is 5.40. The number of aliphatic hydroxyl groups is 1. The number of aromatic nitrogens is 1. The van der Waals surface area contributed by atoms with Crippen molar-refractivity contribution in [2.24, 2.45) is 0 Å². The zero-order valence-corrected chi connectivity index (χ0v) is 12.8. The lowest BCUT2D eigenvalue weighted by Gasteiger charge is -2.30. The lowest BCUT2D eigenvalue weighted by Crippen LogP contribution is -2.46. The molecule has 2 aromatic rings. The van der Waals surface area contributed by atoms with Gasteiger partial charge in [0.05, 0.1) is 16.9 Å². The third-order valence-corrected chi connectivity index (χ3v) is 3.59. The molecule has 0 spiro atoms.